The third-order valence-corrected chi connectivity index (χ3v) is 3.46. The lowest BCUT2D eigenvalue weighted by Gasteiger charge is -2.02. The molecule has 0 spiro atoms. The Hall–Kier alpha value is -2.07. The Bertz CT molecular complexity index is 635. The molecule has 2 N–H and O–H groups in total. The van der Waals surface area contributed by atoms with E-state index in [0.717, 1.165) is 4.34 Å². The number of nitrogens with two attached hydrogens (primary N) is 1. The Kier molecular flexibility index (Phi) is 2.86. The second-order valence-electron chi connectivity index (χ2n) is 3.06. The van der Waals surface area contributed by atoms with Gasteiger partial charge < -0.3 is 5.73 Å². The number of nitrogens with zero attached hydrogens (tertiary/aromatic N) is 7. The van der Waals surface area contributed by atoms with Crippen molar-refractivity contribution in [1.82, 2.24) is 33.9 Å². The summed E-state index contributed by atoms with van der Waals surface area (Å²) in [4.78, 5) is 20.3. The van der Waals surface area contributed by atoms with E-state index in [2.05, 4.69) is 29.3 Å². The molecular weight excluding hydrogens is 272 g/mol. The van der Waals surface area contributed by atoms with Gasteiger partial charge in [0.25, 0.3) is 0 Å². The Morgan fingerprint density at radius 2 is 2.22 bits per heavy atom. The van der Waals surface area contributed by atoms with Crippen molar-refractivity contribution < 1.29 is 0 Å². The van der Waals surface area contributed by atoms with E-state index < -0.39 is 0 Å². The molecule has 0 aromatic carbocycles. The van der Waals surface area contributed by atoms with Crippen molar-refractivity contribution in [2.24, 2.45) is 0 Å². The zero-order valence-electron chi connectivity index (χ0n) is 8.83. The molecule has 0 bridgehead atoms. The number of hydrogen-bond acceptors (Lipinski definition) is 9. The molecule has 18 heavy (non-hydrogen) atoms. The van der Waals surface area contributed by atoms with Crippen LogP contribution in [0.15, 0.2) is 34.5 Å². The van der Waals surface area contributed by atoms with Crippen molar-refractivity contribution in [3.05, 3.63) is 25.0 Å². The molecule has 3 aromatic rings. The largest absolute Gasteiger partial charge is 0.368 e. The highest BCUT2D eigenvalue weighted by Crippen LogP contribution is 2.25. The maximum atomic E-state index is 5.65. The zero-order chi connectivity index (χ0) is 12.4. The van der Waals surface area contributed by atoms with Crippen LogP contribution in [0.1, 0.15) is 0 Å². The highest BCUT2D eigenvalue weighted by Gasteiger charge is 2.09. The van der Waals surface area contributed by atoms with E-state index in [1.807, 2.05) is 0 Å². The van der Waals surface area contributed by atoms with Crippen LogP contribution in [0.5, 0.6) is 0 Å². The molecule has 0 amide bonds. The standard InChI is InChI=1S/C8H6N8S2/c9-5-13-6(16-2-1-10-4-16)15-7(14-5)17-8-11-3-12-18-8/h1-4H,(H2,9,13,14,15). The second-order valence-corrected chi connectivity index (χ2v) is 5.05. The lowest BCUT2D eigenvalue weighted by molar-refractivity contribution is 0.832. The molecule has 0 aliphatic heterocycles. The smallest absolute Gasteiger partial charge is 0.240 e. The van der Waals surface area contributed by atoms with Crippen LogP contribution < -0.4 is 5.73 Å². The number of rotatable bonds is 3. The van der Waals surface area contributed by atoms with Crippen molar-refractivity contribution in [1.29, 1.82) is 0 Å². The van der Waals surface area contributed by atoms with Crippen molar-refractivity contribution in [3.8, 4) is 5.95 Å². The fourth-order valence-corrected chi connectivity index (χ4v) is 2.49. The fraction of sp³-hybridized carbons (Fsp3) is 0. The van der Waals surface area contributed by atoms with Gasteiger partial charge in [-0.25, -0.2) is 9.97 Å². The van der Waals surface area contributed by atoms with Crippen LogP contribution in [0.4, 0.5) is 5.95 Å². The van der Waals surface area contributed by atoms with E-state index in [1.54, 1.807) is 23.3 Å². The highest BCUT2D eigenvalue weighted by atomic mass is 32.2. The summed E-state index contributed by atoms with van der Waals surface area (Å²) >= 11 is 2.56. The number of imidazole rings is 1. The van der Waals surface area contributed by atoms with Gasteiger partial charge in [-0.15, -0.1) is 0 Å². The molecule has 0 aliphatic rings. The SMILES string of the molecule is Nc1nc(Sc2ncns2)nc(-n2ccnc2)n1. The molecule has 0 saturated heterocycles. The maximum absolute atomic E-state index is 5.65. The van der Waals surface area contributed by atoms with Crippen molar-refractivity contribution in [2.75, 3.05) is 5.73 Å². The van der Waals surface area contributed by atoms with Crippen molar-refractivity contribution in [2.45, 2.75) is 9.50 Å². The third kappa shape index (κ3) is 2.28. The van der Waals surface area contributed by atoms with Crippen molar-refractivity contribution in [3.63, 3.8) is 0 Å². The van der Waals surface area contributed by atoms with Crippen LogP contribution in [-0.4, -0.2) is 33.9 Å². The van der Waals surface area contributed by atoms with E-state index >= 15 is 0 Å². The molecule has 0 unspecified atom stereocenters. The Morgan fingerprint density at radius 3 is 2.94 bits per heavy atom. The first-order valence-corrected chi connectivity index (χ1v) is 6.34. The fourth-order valence-electron chi connectivity index (χ4n) is 1.19. The van der Waals surface area contributed by atoms with Crippen LogP contribution in [0.3, 0.4) is 0 Å². The van der Waals surface area contributed by atoms with Crippen molar-refractivity contribution >= 4 is 29.2 Å². The van der Waals surface area contributed by atoms with Gasteiger partial charge in [-0.05, 0) is 23.3 Å². The van der Waals surface area contributed by atoms with E-state index in [-0.39, 0.29) is 5.95 Å². The second kappa shape index (κ2) is 4.66. The molecule has 8 nitrogen and oxygen atoms in total. The minimum Gasteiger partial charge on any atom is -0.368 e. The van der Waals surface area contributed by atoms with Gasteiger partial charge in [0.15, 0.2) is 4.34 Å². The number of aromatic nitrogens is 7. The molecule has 3 aromatic heterocycles. The van der Waals surface area contributed by atoms with Crippen LogP contribution in [-0.2, 0) is 0 Å². The average Bonchev–Trinajstić information content (AvgIpc) is 3.00. The molecule has 0 atom stereocenters. The molecule has 0 aliphatic carbocycles. The van der Waals surface area contributed by atoms with E-state index in [9.17, 15) is 0 Å². The summed E-state index contributed by atoms with van der Waals surface area (Å²) in [6.07, 6.45) is 6.44. The molecule has 90 valence electrons. The number of anilines is 1. The topological polar surface area (TPSA) is 108 Å². The summed E-state index contributed by atoms with van der Waals surface area (Å²) in [6, 6.07) is 0. The van der Waals surface area contributed by atoms with Gasteiger partial charge in [-0.2, -0.15) is 19.3 Å². The maximum Gasteiger partial charge on any atom is 0.240 e. The predicted octanol–water partition coefficient (Wildman–Crippen LogP) is 0.642. The average molecular weight is 278 g/mol. The molecule has 0 saturated carbocycles. The number of hydrogen-bond donors (Lipinski definition) is 1. The Labute approximate surface area is 110 Å². The lowest BCUT2D eigenvalue weighted by atomic mass is 10.8. The third-order valence-electron chi connectivity index (χ3n) is 1.88. The van der Waals surface area contributed by atoms with Gasteiger partial charge in [-0.1, -0.05) is 0 Å². The lowest BCUT2D eigenvalue weighted by Crippen LogP contribution is -2.05. The molecule has 10 heteroatoms. The van der Waals surface area contributed by atoms with Crippen LogP contribution >= 0.6 is 23.3 Å². The van der Waals surface area contributed by atoms with Gasteiger partial charge in [0.05, 0.1) is 0 Å². The predicted molar refractivity (Wildman–Crippen MR) is 65.4 cm³/mol. The normalized spacial score (nSPS) is 10.7. The van der Waals surface area contributed by atoms with Gasteiger partial charge in [0, 0.05) is 12.4 Å². The summed E-state index contributed by atoms with van der Waals surface area (Å²) in [7, 11) is 0. The van der Waals surface area contributed by atoms with Crippen LogP contribution in [0.2, 0.25) is 0 Å². The van der Waals surface area contributed by atoms with E-state index in [0.29, 0.717) is 11.1 Å². The molecule has 0 radical (unpaired) electrons. The molecule has 3 heterocycles. The summed E-state index contributed by atoms with van der Waals surface area (Å²) in [5.41, 5.74) is 5.65. The van der Waals surface area contributed by atoms with Crippen LogP contribution in [0.25, 0.3) is 5.95 Å². The summed E-state index contributed by atoms with van der Waals surface area (Å²) < 4.78 is 6.31. The van der Waals surface area contributed by atoms with Gasteiger partial charge in [-0.3, -0.25) is 4.57 Å². The first kappa shape index (κ1) is 11.0. The summed E-state index contributed by atoms with van der Waals surface area (Å²) in [6.45, 7) is 0. The Balaban J connectivity index is 1.96. The minimum absolute atomic E-state index is 0.153. The minimum atomic E-state index is 0.153. The molecule has 0 fully saturated rings. The van der Waals surface area contributed by atoms with E-state index in [4.69, 9.17) is 5.73 Å². The summed E-state index contributed by atoms with van der Waals surface area (Å²) in [5, 5.41) is 0.475. The van der Waals surface area contributed by atoms with E-state index in [1.165, 1.54) is 29.6 Å². The molecular formula is C8H6N8S2. The Morgan fingerprint density at radius 1 is 1.28 bits per heavy atom. The van der Waals surface area contributed by atoms with Crippen LogP contribution in [0, 0.1) is 0 Å². The number of nitrogen functional groups attached to an aromatic ring is 1. The molecule has 3 rings (SSSR count). The monoisotopic (exact) mass is 278 g/mol. The highest BCUT2D eigenvalue weighted by molar-refractivity contribution is 8.00. The van der Waals surface area contributed by atoms with Gasteiger partial charge in [0.2, 0.25) is 17.1 Å². The van der Waals surface area contributed by atoms with Gasteiger partial charge in [0.1, 0.15) is 12.7 Å². The quantitative estimate of drug-likeness (QED) is 0.743. The summed E-state index contributed by atoms with van der Waals surface area (Å²) in [5.74, 6) is 0.577. The first-order chi connectivity index (χ1) is 8.81. The zero-order valence-corrected chi connectivity index (χ0v) is 10.5. The van der Waals surface area contributed by atoms with Gasteiger partial charge >= 0.3 is 0 Å². The first-order valence-electron chi connectivity index (χ1n) is 4.76.